The number of rotatable bonds is 2. The SMILES string of the molecule is Cc1cnc(C2CCCN(C(=O)c3ccc(C)[nH]c3=O)C2)[nH]1. The van der Waals surface area contributed by atoms with Crippen molar-refractivity contribution in [2.24, 2.45) is 0 Å². The first-order chi connectivity index (χ1) is 10.5. The third-order valence-electron chi connectivity index (χ3n) is 4.10. The molecule has 1 aliphatic rings. The number of hydrogen-bond acceptors (Lipinski definition) is 3. The molecule has 1 unspecified atom stereocenters. The fourth-order valence-electron chi connectivity index (χ4n) is 2.94. The molecule has 1 atom stereocenters. The number of carbonyl (C=O) groups is 1. The molecule has 0 aromatic carbocycles. The number of hydrogen-bond donors (Lipinski definition) is 2. The van der Waals surface area contributed by atoms with E-state index < -0.39 is 0 Å². The third-order valence-corrected chi connectivity index (χ3v) is 4.10. The highest BCUT2D eigenvalue weighted by molar-refractivity contribution is 5.93. The van der Waals surface area contributed by atoms with Crippen molar-refractivity contribution in [1.82, 2.24) is 19.9 Å². The maximum absolute atomic E-state index is 12.6. The summed E-state index contributed by atoms with van der Waals surface area (Å²) in [4.78, 5) is 36.6. The van der Waals surface area contributed by atoms with Gasteiger partial charge in [0.2, 0.25) is 0 Å². The van der Waals surface area contributed by atoms with Crippen LogP contribution in [-0.2, 0) is 0 Å². The molecule has 1 amide bonds. The van der Waals surface area contributed by atoms with E-state index in [0.717, 1.165) is 30.1 Å². The fraction of sp³-hybridized carbons (Fsp3) is 0.438. The molecule has 116 valence electrons. The lowest BCUT2D eigenvalue weighted by Crippen LogP contribution is -2.41. The van der Waals surface area contributed by atoms with Crippen LogP contribution in [-0.4, -0.2) is 38.8 Å². The van der Waals surface area contributed by atoms with Crippen LogP contribution in [0.25, 0.3) is 0 Å². The zero-order valence-corrected chi connectivity index (χ0v) is 12.8. The summed E-state index contributed by atoms with van der Waals surface area (Å²) in [6.07, 6.45) is 3.72. The average molecular weight is 300 g/mol. The Morgan fingerprint density at radius 3 is 2.77 bits per heavy atom. The molecule has 0 spiro atoms. The van der Waals surface area contributed by atoms with E-state index in [4.69, 9.17) is 0 Å². The number of aromatic amines is 2. The number of imidazole rings is 1. The molecule has 0 radical (unpaired) electrons. The Morgan fingerprint density at radius 2 is 2.09 bits per heavy atom. The van der Waals surface area contributed by atoms with Gasteiger partial charge in [0.05, 0.1) is 0 Å². The Kier molecular flexibility index (Phi) is 3.83. The Hall–Kier alpha value is -2.37. The third kappa shape index (κ3) is 2.81. The lowest BCUT2D eigenvalue weighted by atomic mass is 9.97. The number of carbonyl (C=O) groups excluding carboxylic acids is 1. The molecule has 1 fully saturated rings. The highest BCUT2D eigenvalue weighted by atomic mass is 16.2. The van der Waals surface area contributed by atoms with Gasteiger partial charge in [-0.1, -0.05) is 0 Å². The summed E-state index contributed by atoms with van der Waals surface area (Å²) in [5.41, 5.74) is 1.67. The molecule has 6 heteroatoms. The molecule has 0 saturated carbocycles. The summed E-state index contributed by atoms with van der Waals surface area (Å²) in [5.74, 6) is 0.929. The van der Waals surface area contributed by atoms with Crippen molar-refractivity contribution in [3.05, 3.63) is 51.5 Å². The predicted molar refractivity (Wildman–Crippen MR) is 83.0 cm³/mol. The summed E-state index contributed by atoms with van der Waals surface area (Å²) < 4.78 is 0. The normalized spacial score (nSPS) is 18.5. The molecule has 1 saturated heterocycles. The first-order valence-corrected chi connectivity index (χ1v) is 7.55. The molecule has 2 N–H and O–H groups in total. The Labute approximate surface area is 128 Å². The number of nitrogens with zero attached hydrogens (tertiary/aromatic N) is 2. The smallest absolute Gasteiger partial charge is 0.260 e. The summed E-state index contributed by atoms with van der Waals surface area (Å²) >= 11 is 0. The quantitative estimate of drug-likeness (QED) is 0.886. The number of likely N-dealkylation sites (tertiary alicyclic amines) is 1. The fourth-order valence-corrected chi connectivity index (χ4v) is 2.94. The van der Waals surface area contributed by atoms with Crippen molar-refractivity contribution in [1.29, 1.82) is 0 Å². The molecule has 1 aliphatic heterocycles. The van der Waals surface area contributed by atoms with Crippen LogP contribution in [0.5, 0.6) is 0 Å². The first-order valence-electron chi connectivity index (χ1n) is 7.55. The summed E-state index contributed by atoms with van der Waals surface area (Å²) in [7, 11) is 0. The van der Waals surface area contributed by atoms with Gasteiger partial charge >= 0.3 is 0 Å². The van der Waals surface area contributed by atoms with Crippen molar-refractivity contribution in [2.75, 3.05) is 13.1 Å². The molecule has 22 heavy (non-hydrogen) atoms. The van der Waals surface area contributed by atoms with Gasteiger partial charge in [-0.15, -0.1) is 0 Å². The topological polar surface area (TPSA) is 81.8 Å². The highest BCUT2D eigenvalue weighted by Crippen LogP contribution is 2.25. The Bertz CT molecular complexity index is 747. The molecule has 0 aliphatic carbocycles. The Morgan fingerprint density at radius 1 is 1.27 bits per heavy atom. The molecule has 2 aromatic heterocycles. The average Bonchev–Trinajstić information content (AvgIpc) is 2.93. The highest BCUT2D eigenvalue weighted by Gasteiger charge is 2.28. The number of pyridine rings is 1. The molecule has 0 bridgehead atoms. The zero-order chi connectivity index (χ0) is 15.7. The second kappa shape index (κ2) is 5.79. The van der Waals surface area contributed by atoms with Gasteiger partial charge in [-0.3, -0.25) is 9.59 Å². The van der Waals surface area contributed by atoms with Gasteiger partial charge in [0.15, 0.2) is 0 Å². The predicted octanol–water partition coefficient (Wildman–Crippen LogP) is 1.73. The van der Waals surface area contributed by atoms with Crippen LogP contribution in [0.3, 0.4) is 0 Å². The second-order valence-electron chi connectivity index (χ2n) is 5.93. The lowest BCUT2D eigenvalue weighted by molar-refractivity contribution is 0.0703. The van der Waals surface area contributed by atoms with Crippen molar-refractivity contribution in [2.45, 2.75) is 32.6 Å². The number of nitrogens with one attached hydrogen (secondary N) is 2. The van der Waals surface area contributed by atoms with Gasteiger partial charge in [0.25, 0.3) is 11.5 Å². The van der Waals surface area contributed by atoms with Crippen molar-refractivity contribution in [3.63, 3.8) is 0 Å². The summed E-state index contributed by atoms with van der Waals surface area (Å²) in [6.45, 7) is 5.04. The number of piperidine rings is 1. The molecule has 2 aromatic rings. The van der Waals surface area contributed by atoms with Crippen LogP contribution in [0.4, 0.5) is 0 Å². The summed E-state index contributed by atoms with van der Waals surface area (Å²) in [6, 6.07) is 3.36. The van der Waals surface area contributed by atoms with E-state index in [1.165, 1.54) is 0 Å². The van der Waals surface area contributed by atoms with Gasteiger partial charge < -0.3 is 14.9 Å². The van der Waals surface area contributed by atoms with E-state index in [9.17, 15) is 9.59 Å². The van der Waals surface area contributed by atoms with Crippen LogP contribution >= 0.6 is 0 Å². The second-order valence-corrected chi connectivity index (χ2v) is 5.93. The van der Waals surface area contributed by atoms with Crippen molar-refractivity contribution < 1.29 is 4.79 Å². The molecule has 3 heterocycles. The van der Waals surface area contributed by atoms with Crippen LogP contribution in [0, 0.1) is 13.8 Å². The van der Waals surface area contributed by atoms with Gasteiger partial charge in [-0.25, -0.2) is 4.98 Å². The minimum atomic E-state index is -0.319. The van der Waals surface area contributed by atoms with Crippen molar-refractivity contribution in [3.8, 4) is 0 Å². The lowest BCUT2D eigenvalue weighted by Gasteiger charge is -2.31. The van der Waals surface area contributed by atoms with Crippen LogP contribution in [0.15, 0.2) is 23.1 Å². The van der Waals surface area contributed by atoms with Crippen LogP contribution < -0.4 is 5.56 Å². The molecular weight excluding hydrogens is 280 g/mol. The molecule has 6 nitrogen and oxygen atoms in total. The van der Waals surface area contributed by atoms with Gasteiger partial charge in [0, 0.05) is 36.6 Å². The number of H-pyrrole nitrogens is 2. The zero-order valence-electron chi connectivity index (χ0n) is 12.8. The van der Waals surface area contributed by atoms with E-state index in [1.807, 2.05) is 6.92 Å². The van der Waals surface area contributed by atoms with E-state index in [2.05, 4.69) is 15.0 Å². The Balaban J connectivity index is 1.79. The van der Waals surface area contributed by atoms with E-state index in [-0.39, 0.29) is 22.9 Å². The van der Waals surface area contributed by atoms with Gasteiger partial charge in [0.1, 0.15) is 11.4 Å². The van der Waals surface area contributed by atoms with E-state index in [0.29, 0.717) is 13.1 Å². The number of amides is 1. The monoisotopic (exact) mass is 300 g/mol. The minimum Gasteiger partial charge on any atom is -0.346 e. The van der Waals surface area contributed by atoms with E-state index >= 15 is 0 Å². The first kappa shape index (κ1) is 14.6. The van der Waals surface area contributed by atoms with E-state index in [1.54, 1.807) is 30.2 Å². The maximum atomic E-state index is 12.6. The number of aromatic nitrogens is 3. The largest absolute Gasteiger partial charge is 0.346 e. The van der Waals surface area contributed by atoms with Gasteiger partial charge in [-0.2, -0.15) is 0 Å². The summed E-state index contributed by atoms with van der Waals surface area (Å²) in [5, 5.41) is 0. The van der Waals surface area contributed by atoms with Gasteiger partial charge in [-0.05, 0) is 38.8 Å². The maximum Gasteiger partial charge on any atom is 0.260 e. The van der Waals surface area contributed by atoms with Crippen LogP contribution in [0.2, 0.25) is 0 Å². The minimum absolute atomic E-state index is 0.200. The number of aryl methyl sites for hydroxylation is 2. The molecular formula is C16H20N4O2. The van der Waals surface area contributed by atoms with Crippen LogP contribution in [0.1, 0.15) is 46.3 Å². The molecule has 3 rings (SSSR count). The van der Waals surface area contributed by atoms with Crippen molar-refractivity contribution >= 4 is 5.91 Å². The standard InChI is InChI=1S/C16H20N4O2/c1-10-5-6-13(15(21)19-10)16(22)20-7-3-4-12(9-20)14-17-8-11(2)18-14/h5-6,8,12H,3-4,7,9H2,1-2H3,(H,17,18)(H,19,21).